The van der Waals surface area contributed by atoms with E-state index in [1.807, 2.05) is 6.92 Å². The normalized spacial score (nSPS) is 10.5. The van der Waals surface area contributed by atoms with Crippen LogP contribution in [0.2, 0.25) is 0 Å². The lowest BCUT2D eigenvalue weighted by molar-refractivity contribution is -0.0498. The number of hydrogen-bond donors (Lipinski definition) is 2. The highest BCUT2D eigenvalue weighted by Crippen LogP contribution is 2.24. The molecule has 2 rings (SSSR count). The summed E-state index contributed by atoms with van der Waals surface area (Å²) in [7, 11) is 0. The van der Waals surface area contributed by atoms with Crippen LogP contribution >= 0.6 is 0 Å². The van der Waals surface area contributed by atoms with E-state index < -0.39 is 6.61 Å². The fraction of sp³-hybridized carbons (Fsp3) is 0.214. The minimum Gasteiger partial charge on any atom is -0.476 e. The van der Waals surface area contributed by atoms with Crippen LogP contribution < -0.4 is 20.5 Å². The highest BCUT2D eigenvalue weighted by Gasteiger charge is 2.06. The van der Waals surface area contributed by atoms with Gasteiger partial charge in [-0.1, -0.05) is 0 Å². The number of anilines is 3. The number of nitrogen functional groups attached to an aromatic ring is 1. The van der Waals surface area contributed by atoms with Gasteiger partial charge < -0.3 is 20.5 Å². The van der Waals surface area contributed by atoms with Gasteiger partial charge in [-0.3, -0.25) is 0 Å². The van der Waals surface area contributed by atoms with E-state index >= 15 is 0 Å². The predicted octanol–water partition coefficient (Wildman–Crippen LogP) is 3.41. The molecule has 0 saturated carbocycles. The molecule has 3 N–H and O–H groups in total. The number of benzene rings is 1. The van der Waals surface area contributed by atoms with E-state index in [2.05, 4.69) is 15.0 Å². The molecule has 0 saturated heterocycles. The van der Waals surface area contributed by atoms with E-state index in [1.54, 1.807) is 24.3 Å². The van der Waals surface area contributed by atoms with Crippen LogP contribution in [-0.2, 0) is 0 Å². The third kappa shape index (κ3) is 4.20. The molecule has 0 amide bonds. The number of nitrogens with zero attached hydrogens (tertiary/aromatic N) is 1. The SMILES string of the molecule is CCOc1nc(Nc2ccc(OC(F)F)cc2)ccc1N. The summed E-state index contributed by atoms with van der Waals surface area (Å²) in [4.78, 5) is 4.22. The van der Waals surface area contributed by atoms with Gasteiger partial charge in [0.1, 0.15) is 11.6 Å². The molecule has 1 aromatic heterocycles. The standard InChI is InChI=1S/C14H15F2N3O2/c1-2-20-13-11(17)7-8-12(19-13)18-9-3-5-10(6-4-9)21-14(15)16/h3-8,14H,2,17H2,1H3,(H,18,19). The Morgan fingerprint density at radius 3 is 2.52 bits per heavy atom. The van der Waals surface area contributed by atoms with E-state index in [-0.39, 0.29) is 5.75 Å². The zero-order valence-electron chi connectivity index (χ0n) is 11.3. The monoisotopic (exact) mass is 295 g/mol. The molecule has 7 heteroatoms. The summed E-state index contributed by atoms with van der Waals surface area (Å²) >= 11 is 0. The number of nitrogens with one attached hydrogen (secondary N) is 1. The first-order valence-electron chi connectivity index (χ1n) is 6.29. The van der Waals surface area contributed by atoms with Gasteiger partial charge in [0.2, 0.25) is 5.88 Å². The lowest BCUT2D eigenvalue weighted by Gasteiger charge is -2.10. The summed E-state index contributed by atoms with van der Waals surface area (Å²) in [6, 6.07) is 9.47. The first kappa shape index (κ1) is 14.8. The van der Waals surface area contributed by atoms with Gasteiger partial charge in [-0.2, -0.15) is 13.8 Å². The Morgan fingerprint density at radius 1 is 1.19 bits per heavy atom. The Balaban J connectivity index is 2.09. The molecule has 0 unspecified atom stereocenters. The van der Waals surface area contributed by atoms with Gasteiger partial charge in [0, 0.05) is 5.69 Å². The molecule has 112 valence electrons. The number of alkyl halides is 2. The van der Waals surface area contributed by atoms with Crippen molar-refractivity contribution >= 4 is 17.2 Å². The topological polar surface area (TPSA) is 69.4 Å². The maximum absolute atomic E-state index is 12.0. The number of nitrogens with two attached hydrogens (primary N) is 1. The lowest BCUT2D eigenvalue weighted by Crippen LogP contribution is -2.03. The molecule has 2 aromatic rings. The summed E-state index contributed by atoms with van der Waals surface area (Å²) in [6.07, 6.45) is 0. The van der Waals surface area contributed by atoms with Crippen molar-refractivity contribution in [3.8, 4) is 11.6 Å². The number of aromatic nitrogens is 1. The summed E-state index contributed by atoms with van der Waals surface area (Å²) < 4.78 is 33.7. The fourth-order valence-electron chi connectivity index (χ4n) is 1.64. The number of ether oxygens (including phenoxy) is 2. The van der Waals surface area contributed by atoms with E-state index in [9.17, 15) is 8.78 Å². The van der Waals surface area contributed by atoms with Crippen LogP contribution in [0.1, 0.15) is 6.92 Å². The van der Waals surface area contributed by atoms with Crippen LogP contribution in [-0.4, -0.2) is 18.2 Å². The summed E-state index contributed by atoms with van der Waals surface area (Å²) in [5, 5.41) is 3.02. The minimum atomic E-state index is -2.84. The van der Waals surface area contributed by atoms with E-state index in [4.69, 9.17) is 10.5 Å². The van der Waals surface area contributed by atoms with Gasteiger partial charge in [0.05, 0.1) is 12.3 Å². The molecule has 0 aliphatic rings. The zero-order chi connectivity index (χ0) is 15.2. The van der Waals surface area contributed by atoms with E-state index in [1.165, 1.54) is 12.1 Å². The lowest BCUT2D eigenvalue weighted by atomic mass is 10.3. The molecule has 0 fully saturated rings. The highest BCUT2D eigenvalue weighted by atomic mass is 19.3. The summed E-state index contributed by atoms with van der Waals surface area (Å²) in [6.45, 7) is -0.542. The molecular weight excluding hydrogens is 280 g/mol. The molecule has 5 nitrogen and oxygen atoms in total. The summed E-state index contributed by atoms with van der Waals surface area (Å²) in [5.41, 5.74) is 6.86. The predicted molar refractivity (Wildman–Crippen MR) is 76.2 cm³/mol. The second-order valence-electron chi connectivity index (χ2n) is 4.05. The van der Waals surface area contributed by atoms with Gasteiger partial charge in [0.25, 0.3) is 0 Å². The van der Waals surface area contributed by atoms with Gasteiger partial charge in [0.15, 0.2) is 0 Å². The first-order chi connectivity index (χ1) is 10.1. The van der Waals surface area contributed by atoms with Crippen LogP contribution in [0.5, 0.6) is 11.6 Å². The smallest absolute Gasteiger partial charge is 0.387 e. The molecule has 1 heterocycles. The van der Waals surface area contributed by atoms with Crippen molar-refractivity contribution in [2.75, 3.05) is 17.7 Å². The number of pyridine rings is 1. The maximum atomic E-state index is 12.0. The third-order valence-electron chi connectivity index (χ3n) is 2.52. The van der Waals surface area contributed by atoms with Crippen molar-refractivity contribution in [3.63, 3.8) is 0 Å². The van der Waals surface area contributed by atoms with Crippen molar-refractivity contribution in [2.24, 2.45) is 0 Å². The van der Waals surface area contributed by atoms with Crippen LogP contribution in [0.15, 0.2) is 36.4 Å². The molecule has 0 radical (unpaired) electrons. The largest absolute Gasteiger partial charge is 0.476 e. The number of halogens is 2. The second kappa shape index (κ2) is 6.74. The molecule has 1 aromatic carbocycles. The third-order valence-corrected chi connectivity index (χ3v) is 2.52. The molecule has 0 aliphatic carbocycles. The quantitative estimate of drug-likeness (QED) is 0.854. The zero-order valence-corrected chi connectivity index (χ0v) is 11.3. The molecular formula is C14H15F2N3O2. The summed E-state index contributed by atoms with van der Waals surface area (Å²) in [5.74, 6) is 0.978. The molecule has 21 heavy (non-hydrogen) atoms. The first-order valence-corrected chi connectivity index (χ1v) is 6.29. The van der Waals surface area contributed by atoms with E-state index in [0.717, 1.165) is 0 Å². The highest BCUT2D eigenvalue weighted by molar-refractivity contribution is 5.61. The van der Waals surface area contributed by atoms with Crippen LogP contribution in [0, 0.1) is 0 Å². The molecule has 0 aliphatic heterocycles. The Hall–Kier alpha value is -2.57. The Kier molecular flexibility index (Phi) is 4.76. The van der Waals surface area contributed by atoms with Gasteiger partial charge in [-0.25, -0.2) is 0 Å². The number of rotatable bonds is 6. The van der Waals surface area contributed by atoms with Crippen molar-refractivity contribution in [1.29, 1.82) is 0 Å². The Morgan fingerprint density at radius 2 is 1.90 bits per heavy atom. The van der Waals surface area contributed by atoms with Crippen molar-refractivity contribution in [1.82, 2.24) is 4.98 Å². The number of hydrogen-bond acceptors (Lipinski definition) is 5. The minimum absolute atomic E-state index is 0.0934. The van der Waals surface area contributed by atoms with Crippen molar-refractivity contribution in [2.45, 2.75) is 13.5 Å². The maximum Gasteiger partial charge on any atom is 0.387 e. The van der Waals surface area contributed by atoms with Crippen molar-refractivity contribution < 1.29 is 18.3 Å². The van der Waals surface area contributed by atoms with Crippen LogP contribution in [0.25, 0.3) is 0 Å². The van der Waals surface area contributed by atoms with Crippen molar-refractivity contribution in [3.05, 3.63) is 36.4 Å². The Labute approximate surface area is 120 Å². The second-order valence-corrected chi connectivity index (χ2v) is 4.05. The average molecular weight is 295 g/mol. The average Bonchev–Trinajstić information content (AvgIpc) is 2.44. The van der Waals surface area contributed by atoms with Crippen LogP contribution in [0.3, 0.4) is 0 Å². The molecule has 0 atom stereocenters. The van der Waals surface area contributed by atoms with E-state index in [0.29, 0.717) is 29.7 Å². The molecule has 0 spiro atoms. The molecule has 0 bridgehead atoms. The Bertz CT molecular complexity index is 591. The van der Waals surface area contributed by atoms with Gasteiger partial charge >= 0.3 is 6.61 Å². The van der Waals surface area contributed by atoms with Crippen LogP contribution in [0.4, 0.5) is 26.0 Å². The van der Waals surface area contributed by atoms with Gasteiger partial charge in [-0.05, 0) is 43.3 Å². The van der Waals surface area contributed by atoms with Gasteiger partial charge in [-0.15, -0.1) is 0 Å². The fourth-order valence-corrected chi connectivity index (χ4v) is 1.64.